The highest BCUT2D eigenvalue weighted by Crippen LogP contribution is 2.37. The van der Waals surface area contributed by atoms with Gasteiger partial charge in [0.15, 0.2) is 0 Å². The Kier molecular flexibility index (Phi) is 4.17. The molecule has 0 atom stereocenters. The number of para-hydroxylation sites is 1. The fraction of sp³-hybridized carbons (Fsp3) is 0.316. The number of pyridine rings is 1. The third kappa shape index (κ3) is 2.76. The first kappa shape index (κ1) is 15.5. The van der Waals surface area contributed by atoms with Crippen molar-refractivity contribution >= 4 is 39.1 Å². The van der Waals surface area contributed by atoms with Crippen LogP contribution in [0.5, 0.6) is 5.75 Å². The van der Waals surface area contributed by atoms with Crippen LogP contribution in [0.25, 0.3) is 21.8 Å². The monoisotopic (exact) mass is 341 g/mol. The highest BCUT2D eigenvalue weighted by atomic mass is 35.5. The van der Waals surface area contributed by atoms with E-state index in [4.69, 9.17) is 21.3 Å². The van der Waals surface area contributed by atoms with Gasteiger partial charge in [0, 0.05) is 16.8 Å². The van der Waals surface area contributed by atoms with Crippen LogP contribution in [0.1, 0.15) is 12.8 Å². The number of halogens is 1. The van der Waals surface area contributed by atoms with Crippen LogP contribution in [-0.4, -0.2) is 31.2 Å². The Bertz CT molecular complexity index is 891. The van der Waals surface area contributed by atoms with Crippen molar-refractivity contribution in [2.24, 2.45) is 0 Å². The first-order chi connectivity index (χ1) is 11.8. The molecule has 2 heterocycles. The normalized spacial score (nSPS) is 15.8. The molecule has 0 spiro atoms. The van der Waals surface area contributed by atoms with Gasteiger partial charge in [0.25, 0.3) is 0 Å². The summed E-state index contributed by atoms with van der Waals surface area (Å²) in [6.45, 7) is 2.10. The number of fused-ring (bicyclic) bond motifs is 2. The second-order valence-electron chi connectivity index (χ2n) is 6.18. The molecule has 1 aliphatic rings. The third-order valence-electron chi connectivity index (χ3n) is 4.64. The summed E-state index contributed by atoms with van der Waals surface area (Å²) in [6, 6.07) is 12.6. The molecule has 0 saturated carbocycles. The van der Waals surface area contributed by atoms with Gasteiger partial charge in [-0.25, -0.2) is 4.98 Å². The molecule has 1 fully saturated rings. The summed E-state index contributed by atoms with van der Waals surface area (Å²) in [5, 5.41) is 9.94. The minimum Gasteiger partial charge on any atom is -0.495 e. The summed E-state index contributed by atoms with van der Waals surface area (Å²) < 4.78 is 5.41. The van der Waals surface area contributed by atoms with Crippen LogP contribution in [0.2, 0.25) is 5.02 Å². The van der Waals surface area contributed by atoms with Gasteiger partial charge in [0.2, 0.25) is 0 Å². The van der Waals surface area contributed by atoms with Crippen LogP contribution in [0.3, 0.4) is 0 Å². The lowest BCUT2D eigenvalue weighted by molar-refractivity contribution is 0.415. The Morgan fingerprint density at radius 3 is 2.71 bits per heavy atom. The molecule has 4 nitrogen and oxygen atoms in total. The molecule has 4 rings (SSSR count). The first-order valence-corrected chi connectivity index (χ1v) is 8.67. The number of benzene rings is 2. The number of piperidine rings is 1. The molecule has 3 aromatic rings. The smallest absolute Gasteiger partial charge is 0.138 e. The number of ether oxygens (including phenoxy) is 1. The molecule has 0 bridgehead atoms. The van der Waals surface area contributed by atoms with E-state index in [-0.39, 0.29) is 0 Å². The van der Waals surface area contributed by atoms with Gasteiger partial charge < -0.3 is 15.4 Å². The summed E-state index contributed by atoms with van der Waals surface area (Å²) in [5.74, 6) is 0.676. The number of nitrogens with one attached hydrogen (secondary N) is 2. The van der Waals surface area contributed by atoms with E-state index < -0.39 is 0 Å². The lowest BCUT2D eigenvalue weighted by atomic mass is 10.0. The molecule has 124 valence electrons. The highest BCUT2D eigenvalue weighted by Gasteiger charge is 2.17. The van der Waals surface area contributed by atoms with Crippen molar-refractivity contribution in [1.29, 1.82) is 0 Å². The van der Waals surface area contributed by atoms with Gasteiger partial charge in [0.05, 0.1) is 28.9 Å². The van der Waals surface area contributed by atoms with E-state index in [0.29, 0.717) is 16.8 Å². The highest BCUT2D eigenvalue weighted by molar-refractivity contribution is 6.33. The van der Waals surface area contributed by atoms with Crippen molar-refractivity contribution in [3.05, 3.63) is 41.4 Å². The first-order valence-electron chi connectivity index (χ1n) is 8.29. The fourth-order valence-corrected chi connectivity index (χ4v) is 3.61. The van der Waals surface area contributed by atoms with Crippen molar-refractivity contribution in [2.75, 3.05) is 25.5 Å². The maximum atomic E-state index is 6.31. The largest absolute Gasteiger partial charge is 0.495 e. The van der Waals surface area contributed by atoms with Crippen LogP contribution in [0.15, 0.2) is 36.4 Å². The van der Waals surface area contributed by atoms with Crippen molar-refractivity contribution in [3.8, 4) is 5.75 Å². The van der Waals surface area contributed by atoms with Gasteiger partial charge >= 0.3 is 0 Å². The van der Waals surface area contributed by atoms with E-state index >= 15 is 0 Å². The molecule has 0 amide bonds. The van der Waals surface area contributed by atoms with E-state index in [9.17, 15) is 0 Å². The van der Waals surface area contributed by atoms with Crippen LogP contribution in [0, 0.1) is 0 Å². The van der Waals surface area contributed by atoms with E-state index in [2.05, 4.69) is 22.8 Å². The van der Waals surface area contributed by atoms with Crippen LogP contribution in [-0.2, 0) is 0 Å². The number of anilines is 1. The minimum atomic E-state index is 0.460. The number of hydrogen-bond donors (Lipinski definition) is 2. The van der Waals surface area contributed by atoms with Crippen molar-refractivity contribution in [3.63, 3.8) is 0 Å². The topological polar surface area (TPSA) is 46.2 Å². The third-order valence-corrected chi connectivity index (χ3v) is 4.94. The molecular weight excluding hydrogens is 322 g/mol. The minimum absolute atomic E-state index is 0.460. The molecule has 1 aromatic heterocycles. The average Bonchev–Trinajstić information content (AvgIpc) is 2.62. The number of nitrogens with zero attached hydrogens (tertiary/aromatic N) is 1. The molecule has 0 radical (unpaired) electrons. The standard InChI is InChI=1S/C19H20ClN3O/c1-24-18-10-14-17(11-15(18)20)23-16-5-3-2-4-13(16)19(14)22-12-6-8-21-9-7-12/h2-5,10-12,21H,6-9H2,1H3,(H,22,23). The second-order valence-corrected chi connectivity index (χ2v) is 6.58. The molecular formula is C19H20ClN3O. The fourth-order valence-electron chi connectivity index (χ4n) is 3.38. The predicted molar refractivity (Wildman–Crippen MR) is 100 cm³/mol. The van der Waals surface area contributed by atoms with E-state index in [1.807, 2.05) is 24.3 Å². The number of aromatic nitrogens is 1. The van der Waals surface area contributed by atoms with Gasteiger partial charge in [-0.05, 0) is 44.1 Å². The Labute approximate surface area is 146 Å². The maximum Gasteiger partial charge on any atom is 0.138 e. The molecule has 2 N–H and O–H groups in total. The number of hydrogen-bond acceptors (Lipinski definition) is 4. The van der Waals surface area contributed by atoms with E-state index in [0.717, 1.165) is 53.4 Å². The molecule has 0 unspecified atom stereocenters. The molecule has 1 aliphatic heterocycles. The molecule has 2 aromatic carbocycles. The van der Waals surface area contributed by atoms with Gasteiger partial charge in [-0.3, -0.25) is 0 Å². The lowest BCUT2D eigenvalue weighted by Gasteiger charge is -2.26. The van der Waals surface area contributed by atoms with Gasteiger partial charge in [0.1, 0.15) is 5.75 Å². The number of methoxy groups -OCH3 is 1. The molecule has 24 heavy (non-hydrogen) atoms. The summed E-state index contributed by atoms with van der Waals surface area (Å²) in [6.07, 6.45) is 2.23. The summed E-state index contributed by atoms with van der Waals surface area (Å²) in [7, 11) is 1.64. The predicted octanol–water partition coefficient (Wildman–Crippen LogP) is 4.21. The zero-order valence-electron chi connectivity index (χ0n) is 13.6. The SMILES string of the molecule is COc1cc2c(NC3CCNCC3)c3ccccc3nc2cc1Cl. The maximum absolute atomic E-state index is 6.31. The molecule has 0 aliphatic carbocycles. The van der Waals surface area contributed by atoms with Gasteiger partial charge in [-0.15, -0.1) is 0 Å². The van der Waals surface area contributed by atoms with Crippen molar-refractivity contribution in [1.82, 2.24) is 10.3 Å². The Morgan fingerprint density at radius 1 is 1.12 bits per heavy atom. The van der Waals surface area contributed by atoms with Crippen LogP contribution >= 0.6 is 11.6 Å². The average molecular weight is 342 g/mol. The summed E-state index contributed by atoms with van der Waals surface area (Å²) >= 11 is 6.31. The van der Waals surface area contributed by atoms with Crippen LogP contribution < -0.4 is 15.4 Å². The summed E-state index contributed by atoms with van der Waals surface area (Å²) in [4.78, 5) is 4.78. The molecule has 5 heteroatoms. The number of rotatable bonds is 3. The Balaban J connectivity index is 1.93. The Morgan fingerprint density at radius 2 is 1.92 bits per heavy atom. The Hall–Kier alpha value is -2.04. The molecule has 1 saturated heterocycles. The zero-order valence-corrected chi connectivity index (χ0v) is 14.4. The zero-order chi connectivity index (χ0) is 16.5. The van der Waals surface area contributed by atoms with E-state index in [1.165, 1.54) is 0 Å². The van der Waals surface area contributed by atoms with Crippen LogP contribution in [0.4, 0.5) is 5.69 Å². The van der Waals surface area contributed by atoms with Gasteiger partial charge in [-0.1, -0.05) is 29.8 Å². The van der Waals surface area contributed by atoms with Crippen molar-refractivity contribution in [2.45, 2.75) is 18.9 Å². The quantitative estimate of drug-likeness (QED) is 0.700. The lowest BCUT2D eigenvalue weighted by Crippen LogP contribution is -2.35. The second kappa shape index (κ2) is 6.46. The van der Waals surface area contributed by atoms with E-state index in [1.54, 1.807) is 7.11 Å². The van der Waals surface area contributed by atoms with Crippen molar-refractivity contribution < 1.29 is 4.74 Å². The van der Waals surface area contributed by atoms with Gasteiger partial charge in [-0.2, -0.15) is 0 Å². The summed E-state index contributed by atoms with van der Waals surface area (Å²) in [5.41, 5.74) is 2.98.